The number of carbonyl (C=O) groups excluding carboxylic acids is 1. The van der Waals surface area contributed by atoms with Crippen LogP contribution in [0.3, 0.4) is 0 Å². The minimum atomic E-state index is -0.149. The fourth-order valence-corrected chi connectivity index (χ4v) is 3.37. The first kappa shape index (κ1) is 16.0. The van der Waals surface area contributed by atoms with Crippen molar-refractivity contribution >= 4 is 33.5 Å². The van der Waals surface area contributed by atoms with E-state index in [1.54, 1.807) is 37.6 Å². The van der Waals surface area contributed by atoms with Crippen molar-refractivity contribution in [1.82, 2.24) is 4.98 Å². The van der Waals surface area contributed by atoms with Crippen LogP contribution in [0.15, 0.2) is 52.1 Å². The summed E-state index contributed by atoms with van der Waals surface area (Å²) < 4.78 is 6.03. The van der Waals surface area contributed by atoms with Gasteiger partial charge in [-0.2, -0.15) is 0 Å². The van der Waals surface area contributed by atoms with E-state index < -0.39 is 0 Å². The highest BCUT2D eigenvalue weighted by Gasteiger charge is 2.21. The van der Waals surface area contributed by atoms with Crippen LogP contribution in [0, 0.1) is 0 Å². The van der Waals surface area contributed by atoms with Crippen LogP contribution in [0.5, 0.6) is 5.75 Å². The molecule has 0 aliphatic rings. The molecular formula is C16H16BrNO2S. The molecule has 0 bridgehead atoms. The molecule has 1 aromatic heterocycles. The third kappa shape index (κ3) is 4.08. The molecule has 0 fully saturated rings. The molecule has 0 N–H and O–H groups in total. The van der Waals surface area contributed by atoms with Crippen LogP contribution in [0.2, 0.25) is 0 Å². The van der Waals surface area contributed by atoms with Crippen molar-refractivity contribution in [2.24, 2.45) is 0 Å². The molecule has 5 heteroatoms. The van der Waals surface area contributed by atoms with Crippen LogP contribution >= 0.6 is 27.7 Å². The summed E-state index contributed by atoms with van der Waals surface area (Å²) >= 11 is 4.96. The summed E-state index contributed by atoms with van der Waals surface area (Å²) in [6, 6.07) is 11.0. The highest BCUT2D eigenvalue weighted by atomic mass is 79.9. The minimum Gasteiger partial charge on any atom is -0.497 e. The first-order valence-corrected chi connectivity index (χ1v) is 8.28. The number of halogens is 1. The Kier molecular flexibility index (Phi) is 5.82. The van der Waals surface area contributed by atoms with Crippen molar-refractivity contribution in [2.45, 2.75) is 23.6 Å². The van der Waals surface area contributed by atoms with Gasteiger partial charge in [-0.1, -0.05) is 18.7 Å². The number of pyridine rings is 1. The number of hydrogen-bond donors (Lipinski definition) is 0. The summed E-state index contributed by atoms with van der Waals surface area (Å²) in [5.74, 6) is 0.863. The maximum Gasteiger partial charge on any atom is 0.176 e. The van der Waals surface area contributed by atoms with Crippen molar-refractivity contribution in [3.8, 4) is 5.75 Å². The number of nitrogens with zero attached hydrogens (tertiary/aromatic N) is 1. The first-order chi connectivity index (χ1) is 10.2. The molecule has 1 heterocycles. The second kappa shape index (κ2) is 7.61. The largest absolute Gasteiger partial charge is 0.497 e. The Morgan fingerprint density at radius 1 is 1.33 bits per heavy atom. The summed E-state index contributed by atoms with van der Waals surface area (Å²) in [5.41, 5.74) is 0.696. The lowest BCUT2D eigenvalue weighted by Gasteiger charge is -2.14. The Bertz CT molecular complexity index is 616. The van der Waals surface area contributed by atoms with Gasteiger partial charge in [-0.25, -0.2) is 4.98 Å². The number of benzene rings is 1. The molecule has 2 aromatic rings. The van der Waals surface area contributed by atoms with Crippen LogP contribution in [-0.2, 0) is 0 Å². The Balaban J connectivity index is 2.16. The van der Waals surface area contributed by atoms with Crippen LogP contribution < -0.4 is 4.74 Å². The monoisotopic (exact) mass is 365 g/mol. The molecule has 21 heavy (non-hydrogen) atoms. The fraction of sp³-hybridized carbons (Fsp3) is 0.250. The summed E-state index contributed by atoms with van der Waals surface area (Å²) in [4.78, 5) is 16.9. The summed E-state index contributed by atoms with van der Waals surface area (Å²) in [6.45, 7) is 2.01. The number of ketones is 1. The van der Waals surface area contributed by atoms with E-state index in [1.807, 2.05) is 19.1 Å². The Hall–Kier alpha value is -1.33. The third-order valence-corrected chi connectivity index (χ3v) is 5.30. The number of hydrogen-bond acceptors (Lipinski definition) is 4. The zero-order valence-corrected chi connectivity index (χ0v) is 14.3. The molecule has 3 nitrogen and oxygen atoms in total. The van der Waals surface area contributed by atoms with Crippen LogP contribution in [0.25, 0.3) is 0 Å². The molecule has 1 aromatic carbocycles. The number of Topliss-reactive ketones (excluding diaryl/α,β-unsaturated/α-hetero) is 1. The zero-order chi connectivity index (χ0) is 15.2. The molecule has 0 aliphatic carbocycles. The highest BCUT2D eigenvalue weighted by Crippen LogP contribution is 2.31. The molecule has 0 aliphatic heterocycles. The molecule has 2 rings (SSSR count). The van der Waals surface area contributed by atoms with E-state index in [4.69, 9.17) is 4.74 Å². The van der Waals surface area contributed by atoms with E-state index in [2.05, 4.69) is 20.9 Å². The van der Waals surface area contributed by atoms with Crippen molar-refractivity contribution in [1.29, 1.82) is 0 Å². The lowest BCUT2D eigenvalue weighted by molar-refractivity contribution is 0.0988. The second-order valence-electron chi connectivity index (χ2n) is 4.40. The van der Waals surface area contributed by atoms with Crippen molar-refractivity contribution in [2.75, 3.05) is 7.11 Å². The number of carbonyl (C=O) groups is 1. The summed E-state index contributed by atoms with van der Waals surface area (Å²) in [5, 5.41) is 0.691. The smallest absolute Gasteiger partial charge is 0.176 e. The number of methoxy groups -OCH3 is 1. The van der Waals surface area contributed by atoms with Gasteiger partial charge in [0.05, 0.1) is 12.4 Å². The fourth-order valence-electron chi connectivity index (χ4n) is 1.86. The summed E-state index contributed by atoms with van der Waals surface area (Å²) in [6.07, 6.45) is 2.48. The first-order valence-electron chi connectivity index (χ1n) is 6.61. The predicted octanol–water partition coefficient (Wildman–Crippen LogP) is 4.61. The number of aromatic nitrogens is 1. The van der Waals surface area contributed by atoms with E-state index in [1.165, 1.54) is 11.8 Å². The normalized spacial score (nSPS) is 12.0. The van der Waals surface area contributed by atoms with Crippen molar-refractivity contribution in [3.63, 3.8) is 0 Å². The van der Waals surface area contributed by atoms with Gasteiger partial charge < -0.3 is 4.74 Å². The standard InChI is InChI=1S/C16H16BrNO2S/c1-3-14(21-16-13(17)5-4-10-18-16)15(19)11-6-8-12(20-2)9-7-11/h4-10,14H,3H2,1-2H3. The van der Waals surface area contributed by atoms with E-state index in [9.17, 15) is 4.79 Å². The maximum atomic E-state index is 12.6. The van der Waals surface area contributed by atoms with Gasteiger partial charge >= 0.3 is 0 Å². The average molecular weight is 366 g/mol. The molecule has 0 saturated heterocycles. The van der Waals surface area contributed by atoms with Gasteiger partial charge in [0.25, 0.3) is 0 Å². The number of thioether (sulfide) groups is 1. The highest BCUT2D eigenvalue weighted by molar-refractivity contribution is 9.10. The third-order valence-electron chi connectivity index (χ3n) is 3.02. The number of ether oxygens (including phenoxy) is 1. The van der Waals surface area contributed by atoms with E-state index in [0.29, 0.717) is 5.56 Å². The zero-order valence-electron chi connectivity index (χ0n) is 11.9. The van der Waals surface area contributed by atoms with Crippen LogP contribution in [-0.4, -0.2) is 23.1 Å². The van der Waals surface area contributed by atoms with Crippen molar-refractivity contribution < 1.29 is 9.53 Å². The quantitative estimate of drug-likeness (QED) is 0.553. The Morgan fingerprint density at radius 2 is 2.05 bits per heavy atom. The summed E-state index contributed by atoms with van der Waals surface area (Å²) in [7, 11) is 1.61. The SMILES string of the molecule is CCC(Sc1ncccc1Br)C(=O)c1ccc(OC)cc1. The maximum absolute atomic E-state index is 12.6. The van der Waals surface area contributed by atoms with E-state index in [0.717, 1.165) is 21.7 Å². The molecule has 1 atom stereocenters. The van der Waals surface area contributed by atoms with Gasteiger partial charge in [0, 0.05) is 16.2 Å². The average Bonchev–Trinajstić information content (AvgIpc) is 2.53. The molecule has 0 radical (unpaired) electrons. The number of rotatable bonds is 6. The Morgan fingerprint density at radius 3 is 2.62 bits per heavy atom. The lowest BCUT2D eigenvalue weighted by atomic mass is 10.1. The lowest BCUT2D eigenvalue weighted by Crippen LogP contribution is -2.16. The minimum absolute atomic E-state index is 0.114. The second-order valence-corrected chi connectivity index (χ2v) is 6.44. The molecular weight excluding hydrogens is 350 g/mol. The molecule has 0 saturated carbocycles. The van der Waals surface area contributed by atoms with Crippen LogP contribution in [0.4, 0.5) is 0 Å². The molecule has 0 amide bonds. The van der Waals surface area contributed by atoms with Gasteiger partial charge in [0.15, 0.2) is 5.78 Å². The predicted molar refractivity (Wildman–Crippen MR) is 89.2 cm³/mol. The van der Waals surface area contributed by atoms with E-state index >= 15 is 0 Å². The van der Waals surface area contributed by atoms with Gasteiger partial charge in [-0.05, 0) is 58.7 Å². The van der Waals surface area contributed by atoms with Gasteiger partial charge in [-0.15, -0.1) is 0 Å². The van der Waals surface area contributed by atoms with Crippen LogP contribution in [0.1, 0.15) is 23.7 Å². The Labute approximate surface area is 137 Å². The van der Waals surface area contributed by atoms with E-state index in [-0.39, 0.29) is 11.0 Å². The van der Waals surface area contributed by atoms with Gasteiger partial charge in [0.1, 0.15) is 10.8 Å². The van der Waals surface area contributed by atoms with Gasteiger partial charge in [-0.3, -0.25) is 4.79 Å². The van der Waals surface area contributed by atoms with Gasteiger partial charge in [0.2, 0.25) is 0 Å². The van der Waals surface area contributed by atoms with Crippen molar-refractivity contribution in [3.05, 3.63) is 52.6 Å². The topological polar surface area (TPSA) is 39.2 Å². The molecule has 110 valence electrons. The molecule has 1 unspecified atom stereocenters. The molecule has 0 spiro atoms.